The first-order valence-electron chi connectivity index (χ1n) is 5.44. The van der Waals surface area contributed by atoms with Gasteiger partial charge in [0.1, 0.15) is 5.75 Å². The molecule has 0 aliphatic carbocycles. The van der Waals surface area contributed by atoms with Crippen LogP contribution in [0.2, 0.25) is 5.02 Å². The van der Waals surface area contributed by atoms with Crippen LogP contribution in [0.1, 0.15) is 5.56 Å². The monoisotopic (exact) mass is 354 g/mol. The minimum absolute atomic E-state index is 0.0787. The first kappa shape index (κ1) is 14.5. The van der Waals surface area contributed by atoms with Gasteiger partial charge in [0.05, 0.1) is 15.6 Å². The lowest BCUT2D eigenvalue weighted by molar-refractivity contribution is -0.384. The minimum Gasteiger partial charge on any atom is -0.507 e. The highest BCUT2D eigenvalue weighted by atomic mass is 79.9. The quantitative estimate of drug-likeness (QED) is 0.501. The Labute approximate surface area is 127 Å². The van der Waals surface area contributed by atoms with Crippen LogP contribution in [-0.2, 0) is 0 Å². The molecule has 0 saturated carbocycles. The standard InChI is InChI=1S/C13H8BrClN2O3/c14-9-1-4-13(18)8(5-9)7-16-12-3-2-10(17(19)20)6-11(12)15/h1-7,18H/b16-7+. The second-order valence-corrected chi connectivity index (χ2v) is 5.18. The van der Waals surface area contributed by atoms with Gasteiger partial charge in [-0.15, -0.1) is 0 Å². The minimum atomic E-state index is -0.528. The second kappa shape index (κ2) is 6.02. The maximum atomic E-state index is 10.6. The number of halogens is 2. The molecule has 0 atom stereocenters. The van der Waals surface area contributed by atoms with Gasteiger partial charge in [0.25, 0.3) is 5.69 Å². The van der Waals surface area contributed by atoms with E-state index in [0.717, 1.165) is 4.47 Å². The van der Waals surface area contributed by atoms with Crippen molar-refractivity contribution in [1.82, 2.24) is 0 Å². The number of rotatable bonds is 3. The Hall–Kier alpha value is -1.92. The van der Waals surface area contributed by atoms with E-state index in [0.29, 0.717) is 11.3 Å². The van der Waals surface area contributed by atoms with Crippen LogP contribution in [0.5, 0.6) is 5.75 Å². The molecule has 0 heterocycles. The Bertz CT molecular complexity index is 704. The fourth-order valence-corrected chi connectivity index (χ4v) is 2.08. The fraction of sp³-hybridized carbons (Fsp3) is 0. The highest BCUT2D eigenvalue weighted by Crippen LogP contribution is 2.29. The van der Waals surface area contributed by atoms with E-state index in [9.17, 15) is 15.2 Å². The molecule has 7 heteroatoms. The summed E-state index contributed by atoms with van der Waals surface area (Å²) < 4.78 is 0.798. The molecule has 5 nitrogen and oxygen atoms in total. The normalized spacial score (nSPS) is 10.9. The number of nitro groups is 1. The van der Waals surface area contributed by atoms with Crippen LogP contribution in [0, 0.1) is 10.1 Å². The maximum absolute atomic E-state index is 10.6. The van der Waals surface area contributed by atoms with Crippen molar-refractivity contribution in [3.63, 3.8) is 0 Å². The Morgan fingerprint density at radius 2 is 2.05 bits per heavy atom. The summed E-state index contributed by atoms with van der Waals surface area (Å²) >= 11 is 9.21. The third kappa shape index (κ3) is 3.34. The van der Waals surface area contributed by atoms with Crippen molar-refractivity contribution in [2.24, 2.45) is 4.99 Å². The molecule has 0 aromatic heterocycles. The highest BCUT2D eigenvalue weighted by molar-refractivity contribution is 9.10. The van der Waals surface area contributed by atoms with Crippen LogP contribution >= 0.6 is 27.5 Å². The Kier molecular flexibility index (Phi) is 4.36. The van der Waals surface area contributed by atoms with Crippen LogP contribution in [0.25, 0.3) is 0 Å². The van der Waals surface area contributed by atoms with Crippen LogP contribution in [0.4, 0.5) is 11.4 Å². The average molecular weight is 356 g/mol. The maximum Gasteiger partial charge on any atom is 0.271 e. The van der Waals surface area contributed by atoms with Crippen molar-refractivity contribution >= 4 is 45.1 Å². The number of phenols is 1. The zero-order chi connectivity index (χ0) is 14.7. The third-order valence-electron chi connectivity index (χ3n) is 2.47. The lowest BCUT2D eigenvalue weighted by Crippen LogP contribution is -1.87. The summed E-state index contributed by atoms with van der Waals surface area (Å²) in [6.07, 6.45) is 1.44. The number of nitro benzene ring substituents is 1. The van der Waals surface area contributed by atoms with Crippen molar-refractivity contribution in [2.75, 3.05) is 0 Å². The van der Waals surface area contributed by atoms with Crippen molar-refractivity contribution in [1.29, 1.82) is 0 Å². The SMILES string of the molecule is O=[N+]([O-])c1ccc(/N=C/c2cc(Br)ccc2O)c(Cl)c1. The van der Waals surface area contributed by atoms with Crippen LogP contribution in [0.15, 0.2) is 45.9 Å². The number of phenolic OH excluding ortho intramolecular Hbond substituents is 1. The number of nitrogens with zero attached hydrogens (tertiary/aromatic N) is 2. The molecule has 2 aromatic rings. The van der Waals surface area contributed by atoms with E-state index >= 15 is 0 Å². The molecule has 1 N–H and O–H groups in total. The molecule has 102 valence electrons. The smallest absolute Gasteiger partial charge is 0.271 e. The first-order valence-corrected chi connectivity index (χ1v) is 6.61. The summed E-state index contributed by atoms with van der Waals surface area (Å²) in [5, 5.41) is 20.4. The van der Waals surface area contributed by atoms with Gasteiger partial charge in [0.15, 0.2) is 0 Å². The van der Waals surface area contributed by atoms with Gasteiger partial charge in [-0.3, -0.25) is 15.1 Å². The first-order chi connectivity index (χ1) is 9.47. The lowest BCUT2D eigenvalue weighted by atomic mass is 10.2. The van der Waals surface area contributed by atoms with E-state index in [-0.39, 0.29) is 16.5 Å². The Balaban J connectivity index is 2.32. The average Bonchev–Trinajstić information content (AvgIpc) is 2.40. The van der Waals surface area contributed by atoms with Crippen LogP contribution < -0.4 is 0 Å². The van der Waals surface area contributed by atoms with Gasteiger partial charge in [-0.2, -0.15) is 0 Å². The largest absolute Gasteiger partial charge is 0.507 e. The van der Waals surface area contributed by atoms with E-state index in [4.69, 9.17) is 11.6 Å². The molecule has 0 aliphatic heterocycles. The molecule has 2 rings (SSSR count). The fourth-order valence-electron chi connectivity index (χ4n) is 1.48. The summed E-state index contributed by atoms with van der Waals surface area (Å²) in [4.78, 5) is 14.2. The number of non-ortho nitro benzene ring substituents is 1. The molecular weight excluding hydrogens is 348 g/mol. The summed E-state index contributed by atoms with van der Waals surface area (Å²) in [5.41, 5.74) is 0.796. The zero-order valence-electron chi connectivity index (χ0n) is 9.96. The van der Waals surface area contributed by atoms with Crippen LogP contribution in [0.3, 0.4) is 0 Å². The van der Waals surface area contributed by atoms with E-state index in [1.54, 1.807) is 12.1 Å². The zero-order valence-corrected chi connectivity index (χ0v) is 12.3. The van der Waals surface area contributed by atoms with Crippen molar-refractivity contribution < 1.29 is 10.0 Å². The van der Waals surface area contributed by atoms with Gasteiger partial charge in [-0.05, 0) is 24.3 Å². The summed E-state index contributed by atoms with van der Waals surface area (Å²) in [5.74, 6) is 0.0787. The summed E-state index contributed by atoms with van der Waals surface area (Å²) in [6.45, 7) is 0. The molecule has 0 aliphatic rings. The Morgan fingerprint density at radius 3 is 2.70 bits per heavy atom. The Morgan fingerprint density at radius 1 is 1.30 bits per heavy atom. The van der Waals surface area contributed by atoms with Gasteiger partial charge < -0.3 is 5.11 Å². The predicted octanol–water partition coefficient (Wildman–Crippen LogP) is 4.47. The van der Waals surface area contributed by atoms with Crippen LogP contribution in [-0.4, -0.2) is 16.2 Å². The number of aromatic hydroxyl groups is 1. The topological polar surface area (TPSA) is 75.7 Å². The molecule has 0 bridgehead atoms. The predicted molar refractivity (Wildman–Crippen MR) is 81.2 cm³/mol. The van der Waals surface area contributed by atoms with Gasteiger partial charge in [0, 0.05) is 28.4 Å². The molecule has 2 aromatic carbocycles. The third-order valence-corrected chi connectivity index (χ3v) is 3.27. The van der Waals surface area contributed by atoms with Gasteiger partial charge in [-0.25, -0.2) is 0 Å². The summed E-state index contributed by atoms with van der Waals surface area (Å²) in [6, 6.07) is 8.92. The molecule has 0 amide bonds. The molecule has 0 radical (unpaired) electrons. The number of hydrogen-bond donors (Lipinski definition) is 1. The van der Waals surface area contributed by atoms with Crippen molar-refractivity contribution in [2.45, 2.75) is 0 Å². The highest BCUT2D eigenvalue weighted by Gasteiger charge is 2.08. The van der Waals surface area contributed by atoms with E-state index < -0.39 is 4.92 Å². The molecule has 0 fully saturated rings. The summed E-state index contributed by atoms with van der Waals surface area (Å²) in [7, 11) is 0. The second-order valence-electron chi connectivity index (χ2n) is 3.85. The molecule has 0 unspecified atom stereocenters. The van der Waals surface area contributed by atoms with Gasteiger partial charge in [-0.1, -0.05) is 27.5 Å². The molecule has 0 spiro atoms. The molecular formula is C13H8BrClN2O3. The number of hydrogen-bond acceptors (Lipinski definition) is 4. The van der Waals surface area contributed by atoms with Crippen molar-refractivity contribution in [3.8, 4) is 5.75 Å². The number of benzene rings is 2. The molecule has 20 heavy (non-hydrogen) atoms. The lowest BCUT2D eigenvalue weighted by Gasteiger charge is -2.00. The van der Waals surface area contributed by atoms with Gasteiger partial charge in [0.2, 0.25) is 0 Å². The van der Waals surface area contributed by atoms with Crippen molar-refractivity contribution in [3.05, 3.63) is 61.6 Å². The van der Waals surface area contributed by atoms with E-state index in [1.807, 2.05) is 0 Å². The van der Waals surface area contributed by atoms with Gasteiger partial charge >= 0.3 is 0 Å². The number of aliphatic imine (C=N–C) groups is 1. The van der Waals surface area contributed by atoms with E-state index in [2.05, 4.69) is 20.9 Å². The molecule has 0 saturated heterocycles. The van der Waals surface area contributed by atoms with E-state index in [1.165, 1.54) is 30.5 Å².